The zero-order valence-corrected chi connectivity index (χ0v) is 13.4. The third-order valence-electron chi connectivity index (χ3n) is 2.82. The van der Waals surface area contributed by atoms with E-state index in [0.717, 1.165) is 11.3 Å². The van der Waals surface area contributed by atoms with Crippen LogP contribution in [0.2, 0.25) is 25.7 Å². The molecule has 1 aromatic rings. The number of aliphatic hydroxyl groups excluding tert-OH is 1. The SMILES string of the molecule is CC(=O)C(CCC[Si](C)(C)C)=C(O)c1cccs1. The van der Waals surface area contributed by atoms with Crippen LogP contribution in [0.3, 0.4) is 0 Å². The molecule has 0 fully saturated rings. The quantitative estimate of drug-likeness (QED) is 0.465. The molecule has 0 atom stereocenters. The number of aliphatic hydroxyl groups is 1. The van der Waals surface area contributed by atoms with E-state index in [9.17, 15) is 9.90 Å². The maximum absolute atomic E-state index is 11.6. The summed E-state index contributed by atoms with van der Waals surface area (Å²) in [6, 6.07) is 4.92. The zero-order chi connectivity index (χ0) is 13.8. The predicted molar refractivity (Wildman–Crippen MR) is 81.9 cm³/mol. The molecule has 0 aliphatic rings. The van der Waals surface area contributed by atoms with Gasteiger partial charge < -0.3 is 5.11 Å². The van der Waals surface area contributed by atoms with Crippen LogP contribution in [0.15, 0.2) is 23.1 Å². The molecule has 0 bridgehead atoms. The molecule has 0 saturated heterocycles. The lowest BCUT2D eigenvalue weighted by molar-refractivity contribution is -0.113. The summed E-state index contributed by atoms with van der Waals surface area (Å²) in [5.74, 6) is 0.157. The summed E-state index contributed by atoms with van der Waals surface area (Å²) in [7, 11) is -1.07. The maximum Gasteiger partial charge on any atom is 0.159 e. The summed E-state index contributed by atoms with van der Waals surface area (Å²) < 4.78 is 0. The Balaban J connectivity index is 2.78. The molecule has 1 aromatic heterocycles. The number of ketones is 1. The molecule has 0 unspecified atom stereocenters. The Bertz CT molecular complexity index is 427. The molecule has 1 heterocycles. The van der Waals surface area contributed by atoms with Gasteiger partial charge in [0.1, 0.15) is 5.76 Å². The number of carbonyl (C=O) groups is 1. The van der Waals surface area contributed by atoms with E-state index in [1.165, 1.54) is 24.3 Å². The first-order valence-corrected chi connectivity index (χ1v) is 10.9. The lowest BCUT2D eigenvalue weighted by Gasteiger charge is -2.15. The molecular formula is C14H22O2SSi. The zero-order valence-electron chi connectivity index (χ0n) is 11.6. The summed E-state index contributed by atoms with van der Waals surface area (Å²) >= 11 is 1.46. The highest BCUT2D eigenvalue weighted by molar-refractivity contribution is 7.11. The Labute approximate surface area is 114 Å². The summed E-state index contributed by atoms with van der Waals surface area (Å²) in [6.07, 6.45) is 1.67. The Morgan fingerprint density at radius 3 is 2.50 bits per heavy atom. The molecule has 18 heavy (non-hydrogen) atoms. The van der Waals surface area contributed by atoms with Gasteiger partial charge in [0.05, 0.1) is 4.88 Å². The highest BCUT2D eigenvalue weighted by Gasteiger charge is 2.16. The second kappa shape index (κ2) is 6.34. The first kappa shape index (κ1) is 15.2. The number of hydrogen-bond acceptors (Lipinski definition) is 3. The van der Waals surface area contributed by atoms with Crippen molar-refractivity contribution in [2.75, 3.05) is 0 Å². The molecule has 2 nitrogen and oxygen atoms in total. The second-order valence-electron chi connectivity index (χ2n) is 5.77. The van der Waals surface area contributed by atoms with Crippen molar-refractivity contribution in [1.29, 1.82) is 0 Å². The van der Waals surface area contributed by atoms with Crippen LogP contribution in [0.5, 0.6) is 0 Å². The van der Waals surface area contributed by atoms with Crippen LogP contribution in [0.25, 0.3) is 5.76 Å². The van der Waals surface area contributed by atoms with Gasteiger partial charge in [-0.2, -0.15) is 0 Å². The maximum atomic E-state index is 11.6. The molecule has 0 aliphatic carbocycles. The fourth-order valence-electron chi connectivity index (χ4n) is 1.82. The van der Waals surface area contributed by atoms with Crippen molar-refractivity contribution in [1.82, 2.24) is 0 Å². The van der Waals surface area contributed by atoms with Gasteiger partial charge in [-0.3, -0.25) is 4.79 Å². The number of Topliss-reactive ketones (excluding diaryl/α,β-unsaturated/α-hetero) is 1. The van der Waals surface area contributed by atoms with Gasteiger partial charge in [0, 0.05) is 13.6 Å². The van der Waals surface area contributed by atoms with Gasteiger partial charge in [-0.15, -0.1) is 11.3 Å². The molecule has 100 valence electrons. The fraction of sp³-hybridized carbons (Fsp3) is 0.500. The van der Waals surface area contributed by atoms with Crippen molar-refractivity contribution in [3.63, 3.8) is 0 Å². The topological polar surface area (TPSA) is 37.3 Å². The van der Waals surface area contributed by atoms with Crippen LogP contribution >= 0.6 is 11.3 Å². The summed E-state index contributed by atoms with van der Waals surface area (Å²) in [5.41, 5.74) is 0.579. The van der Waals surface area contributed by atoms with Crippen molar-refractivity contribution < 1.29 is 9.90 Å². The minimum Gasteiger partial charge on any atom is -0.506 e. The van der Waals surface area contributed by atoms with Gasteiger partial charge >= 0.3 is 0 Å². The Morgan fingerprint density at radius 2 is 2.06 bits per heavy atom. The third kappa shape index (κ3) is 4.78. The first-order valence-electron chi connectivity index (χ1n) is 6.28. The highest BCUT2D eigenvalue weighted by Crippen LogP contribution is 2.25. The Hall–Kier alpha value is -0.873. The lowest BCUT2D eigenvalue weighted by Crippen LogP contribution is -2.19. The number of hydrogen-bond donors (Lipinski definition) is 1. The summed E-state index contributed by atoms with van der Waals surface area (Å²) in [6.45, 7) is 8.50. The predicted octanol–water partition coefficient (Wildman–Crippen LogP) is 4.72. The number of thiophene rings is 1. The molecule has 0 amide bonds. The molecule has 1 rings (SSSR count). The molecular weight excluding hydrogens is 260 g/mol. The summed E-state index contributed by atoms with van der Waals surface area (Å²) in [4.78, 5) is 12.4. The molecule has 0 aliphatic heterocycles. The van der Waals surface area contributed by atoms with E-state index < -0.39 is 8.07 Å². The molecule has 0 aromatic carbocycles. The van der Waals surface area contributed by atoms with Crippen LogP contribution in [-0.4, -0.2) is 19.0 Å². The van der Waals surface area contributed by atoms with Crippen molar-refractivity contribution in [2.24, 2.45) is 0 Å². The van der Waals surface area contributed by atoms with E-state index in [2.05, 4.69) is 19.6 Å². The largest absolute Gasteiger partial charge is 0.506 e. The van der Waals surface area contributed by atoms with Crippen LogP contribution < -0.4 is 0 Å². The third-order valence-corrected chi connectivity index (χ3v) is 5.55. The average molecular weight is 282 g/mol. The van der Waals surface area contributed by atoms with E-state index in [1.54, 1.807) is 0 Å². The second-order valence-corrected chi connectivity index (χ2v) is 12.3. The van der Waals surface area contributed by atoms with E-state index in [0.29, 0.717) is 12.0 Å². The normalized spacial score (nSPS) is 13.3. The number of rotatable bonds is 6. The van der Waals surface area contributed by atoms with Crippen molar-refractivity contribution in [2.45, 2.75) is 45.5 Å². The van der Waals surface area contributed by atoms with Crippen molar-refractivity contribution >= 4 is 31.0 Å². The van der Waals surface area contributed by atoms with Gasteiger partial charge in [0.2, 0.25) is 0 Å². The molecule has 4 heteroatoms. The summed E-state index contributed by atoms with van der Waals surface area (Å²) in [5, 5.41) is 12.1. The fourth-order valence-corrected chi connectivity index (χ4v) is 3.75. The minimum atomic E-state index is -1.07. The van der Waals surface area contributed by atoms with Gasteiger partial charge in [0.25, 0.3) is 0 Å². The van der Waals surface area contributed by atoms with Gasteiger partial charge in [0.15, 0.2) is 5.78 Å². The lowest BCUT2D eigenvalue weighted by atomic mass is 10.0. The average Bonchev–Trinajstić information content (AvgIpc) is 2.74. The van der Waals surface area contributed by atoms with Crippen molar-refractivity contribution in [3.8, 4) is 0 Å². The van der Waals surface area contributed by atoms with Gasteiger partial charge in [-0.1, -0.05) is 38.2 Å². The smallest absolute Gasteiger partial charge is 0.159 e. The van der Waals surface area contributed by atoms with E-state index in [1.807, 2.05) is 17.5 Å². The van der Waals surface area contributed by atoms with Crippen LogP contribution in [0, 0.1) is 0 Å². The number of carbonyl (C=O) groups excluding carboxylic acids is 1. The molecule has 0 radical (unpaired) electrons. The van der Waals surface area contributed by atoms with E-state index in [-0.39, 0.29) is 11.5 Å². The van der Waals surface area contributed by atoms with Gasteiger partial charge in [-0.05, 0) is 24.8 Å². The minimum absolute atomic E-state index is 0.0172. The van der Waals surface area contributed by atoms with Crippen LogP contribution in [0.4, 0.5) is 0 Å². The van der Waals surface area contributed by atoms with Crippen LogP contribution in [-0.2, 0) is 4.79 Å². The Morgan fingerprint density at radius 1 is 1.39 bits per heavy atom. The van der Waals surface area contributed by atoms with Crippen molar-refractivity contribution in [3.05, 3.63) is 28.0 Å². The van der Waals surface area contributed by atoms with E-state index in [4.69, 9.17) is 0 Å². The monoisotopic (exact) mass is 282 g/mol. The van der Waals surface area contributed by atoms with Crippen LogP contribution in [0.1, 0.15) is 24.6 Å². The first-order chi connectivity index (χ1) is 8.31. The highest BCUT2D eigenvalue weighted by atomic mass is 32.1. The molecule has 0 spiro atoms. The molecule has 0 saturated carbocycles. The van der Waals surface area contributed by atoms with Gasteiger partial charge in [-0.25, -0.2) is 0 Å². The standard InChI is InChI=1S/C14H22O2SSi/c1-11(15)12(7-6-10-18(2,3)4)14(16)13-8-5-9-17-13/h5,8-9,16H,6-7,10H2,1-4H3. The molecule has 1 N–H and O–H groups in total. The van der Waals surface area contributed by atoms with E-state index >= 15 is 0 Å². The number of allylic oxidation sites excluding steroid dienone is 1. The Kier molecular flexibility index (Phi) is 5.35.